The van der Waals surface area contributed by atoms with Gasteiger partial charge in [0.15, 0.2) is 0 Å². The first kappa shape index (κ1) is 25.5. The molecule has 2 aromatic heterocycles. The lowest BCUT2D eigenvalue weighted by Gasteiger charge is -2.12. The Morgan fingerprint density at radius 2 is 1.04 bits per heavy atom. The topological polar surface area (TPSA) is 9.86 Å². The zero-order valence-electron chi connectivity index (χ0n) is 25.5. The smallest absolute Gasteiger partial charge is 0.0547 e. The molecule has 0 amide bonds. The molecule has 2 heterocycles. The molecule has 0 N–H and O–H groups in total. The van der Waals surface area contributed by atoms with E-state index in [1.54, 1.807) is 0 Å². The summed E-state index contributed by atoms with van der Waals surface area (Å²) in [6.07, 6.45) is 1.01. The van der Waals surface area contributed by atoms with Crippen LogP contribution in [-0.2, 0) is 6.42 Å². The standard InChI is InChI=1S/C44H30N2/c1-28-15-21-42-39(23-28)37-20-17-30(26-44(37)46(42)34-19-16-32-24-31-9-5-6-12-35(31)38(32)27-34)29-18-22-43-40(25-29)36-13-7-8-14-41(36)45(43)33-10-3-2-4-11-33/h2-23,25-27H,24H2,1H3. The summed E-state index contributed by atoms with van der Waals surface area (Å²) in [5.74, 6) is 0. The van der Waals surface area contributed by atoms with Gasteiger partial charge in [0.2, 0.25) is 0 Å². The van der Waals surface area contributed by atoms with Gasteiger partial charge in [-0.2, -0.15) is 0 Å². The number of aromatic nitrogens is 2. The maximum absolute atomic E-state index is 2.47. The fourth-order valence-electron chi connectivity index (χ4n) is 7.85. The van der Waals surface area contributed by atoms with Crippen LogP contribution in [0.3, 0.4) is 0 Å². The van der Waals surface area contributed by atoms with E-state index in [9.17, 15) is 0 Å². The molecule has 46 heavy (non-hydrogen) atoms. The third-order valence-corrected chi connectivity index (χ3v) is 9.98. The van der Waals surface area contributed by atoms with Crippen molar-refractivity contribution in [1.29, 1.82) is 0 Å². The van der Waals surface area contributed by atoms with Crippen molar-refractivity contribution in [2.45, 2.75) is 13.3 Å². The molecule has 1 aliphatic carbocycles. The van der Waals surface area contributed by atoms with Crippen LogP contribution in [0.5, 0.6) is 0 Å². The highest BCUT2D eigenvalue weighted by atomic mass is 15.0. The maximum atomic E-state index is 2.47. The Hall–Kier alpha value is -5.86. The number of para-hydroxylation sites is 2. The maximum Gasteiger partial charge on any atom is 0.0547 e. The Morgan fingerprint density at radius 1 is 0.391 bits per heavy atom. The van der Waals surface area contributed by atoms with E-state index in [2.05, 4.69) is 168 Å². The van der Waals surface area contributed by atoms with Crippen LogP contribution in [0.4, 0.5) is 0 Å². The van der Waals surface area contributed by atoms with Gasteiger partial charge in [-0.25, -0.2) is 0 Å². The molecule has 2 heteroatoms. The summed E-state index contributed by atoms with van der Waals surface area (Å²) in [6.45, 7) is 2.18. The van der Waals surface area contributed by atoms with E-state index in [4.69, 9.17) is 0 Å². The molecule has 0 fully saturated rings. The van der Waals surface area contributed by atoms with Gasteiger partial charge in [-0.05, 0) is 107 Å². The Bertz CT molecular complexity index is 2670. The lowest BCUT2D eigenvalue weighted by molar-refractivity contribution is 1.17. The second-order valence-corrected chi connectivity index (χ2v) is 12.7. The fraction of sp³-hybridized carbons (Fsp3) is 0.0455. The van der Waals surface area contributed by atoms with Crippen molar-refractivity contribution in [3.8, 4) is 33.6 Å². The highest BCUT2D eigenvalue weighted by Gasteiger charge is 2.21. The number of benzene rings is 7. The van der Waals surface area contributed by atoms with Crippen molar-refractivity contribution >= 4 is 43.6 Å². The predicted molar refractivity (Wildman–Crippen MR) is 194 cm³/mol. The van der Waals surface area contributed by atoms with Crippen LogP contribution in [0.1, 0.15) is 16.7 Å². The minimum Gasteiger partial charge on any atom is -0.309 e. The molecule has 0 aliphatic heterocycles. The average Bonchev–Trinajstić information content (AvgIpc) is 3.75. The van der Waals surface area contributed by atoms with Gasteiger partial charge in [-0.15, -0.1) is 0 Å². The first-order valence-corrected chi connectivity index (χ1v) is 16.1. The summed E-state index contributed by atoms with van der Waals surface area (Å²) in [4.78, 5) is 0. The average molecular weight is 587 g/mol. The van der Waals surface area contributed by atoms with Crippen LogP contribution in [0.25, 0.3) is 77.2 Å². The molecule has 9 aromatic rings. The van der Waals surface area contributed by atoms with E-state index in [1.165, 1.54) is 93.9 Å². The van der Waals surface area contributed by atoms with E-state index in [0.717, 1.165) is 6.42 Å². The second-order valence-electron chi connectivity index (χ2n) is 12.7. The molecule has 0 saturated heterocycles. The highest BCUT2D eigenvalue weighted by Crippen LogP contribution is 2.41. The van der Waals surface area contributed by atoms with Crippen molar-refractivity contribution < 1.29 is 0 Å². The van der Waals surface area contributed by atoms with Gasteiger partial charge in [0.1, 0.15) is 0 Å². The minimum atomic E-state index is 1.01. The summed E-state index contributed by atoms with van der Waals surface area (Å²) in [7, 11) is 0. The molecule has 0 radical (unpaired) electrons. The van der Waals surface area contributed by atoms with Gasteiger partial charge in [0, 0.05) is 32.9 Å². The van der Waals surface area contributed by atoms with E-state index in [0.29, 0.717) is 0 Å². The van der Waals surface area contributed by atoms with E-state index >= 15 is 0 Å². The van der Waals surface area contributed by atoms with Crippen LogP contribution in [0.2, 0.25) is 0 Å². The zero-order chi connectivity index (χ0) is 30.4. The summed E-state index contributed by atoms with van der Waals surface area (Å²) in [5, 5.41) is 5.12. The van der Waals surface area contributed by atoms with Crippen molar-refractivity contribution in [3.63, 3.8) is 0 Å². The van der Waals surface area contributed by atoms with Crippen molar-refractivity contribution in [2.75, 3.05) is 0 Å². The fourth-order valence-corrected chi connectivity index (χ4v) is 7.85. The van der Waals surface area contributed by atoms with E-state index in [-0.39, 0.29) is 0 Å². The Kier molecular flexibility index (Phi) is 5.30. The molecule has 7 aromatic carbocycles. The molecule has 0 saturated carbocycles. The minimum absolute atomic E-state index is 1.01. The van der Waals surface area contributed by atoms with Gasteiger partial charge in [0.05, 0.1) is 22.1 Å². The van der Waals surface area contributed by atoms with Crippen LogP contribution < -0.4 is 0 Å². The van der Waals surface area contributed by atoms with Gasteiger partial charge in [-0.1, -0.05) is 96.6 Å². The third kappa shape index (κ3) is 3.64. The molecule has 0 spiro atoms. The van der Waals surface area contributed by atoms with Gasteiger partial charge in [-0.3, -0.25) is 0 Å². The van der Waals surface area contributed by atoms with Crippen LogP contribution in [0.15, 0.2) is 152 Å². The lowest BCUT2D eigenvalue weighted by Crippen LogP contribution is -1.95. The number of hydrogen-bond donors (Lipinski definition) is 0. The van der Waals surface area contributed by atoms with Crippen molar-refractivity contribution in [3.05, 3.63) is 168 Å². The Morgan fingerprint density at radius 3 is 1.96 bits per heavy atom. The summed E-state index contributed by atoms with van der Waals surface area (Å²) in [6, 6.07) is 56.1. The third-order valence-electron chi connectivity index (χ3n) is 9.98. The first-order valence-electron chi connectivity index (χ1n) is 16.1. The highest BCUT2D eigenvalue weighted by molar-refractivity contribution is 6.12. The van der Waals surface area contributed by atoms with Gasteiger partial charge in [0.25, 0.3) is 0 Å². The summed E-state index contributed by atoms with van der Waals surface area (Å²) in [5.41, 5.74) is 16.6. The van der Waals surface area contributed by atoms with E-state index < -0.39 is 0 Å². The zero-order valence-corrected chi connectivity index (χ0v) is 25.5. The normalized spacial score (nSPS) is 12.4. The number of rotatable bonds is 3. The number of fused-ring (bicyclic) bond motifs is 9. The van der Waals surface area contributed by atoms with Crippen LogP contribution in [0, 0.1) is 6.92 Å². The molecule has 1 aliphatic rings. The monoisotopic (exact) mass is 586 g/mol. The van der Waals surface area contributed by atoms with Crippen molar-refractivity contribution in [1.82, 2.24) is 9.13 Å². The SMILES string of the molecule is Cc1ccc2c(c1)c1ccc(-c3ccc4c(c3)c3ccccc3n4-c3ccccc3)cc1n2-c1ccc2c(c1)-c1ccccc1C2. The Labute approximate surface area is 267 Å². The molecule has 10 rings (SSSR count). The predicted octanol–water partition coefficient (Wildman–Crippen LogP) is 11.4. The second kappa shape index (κ2) is 9.57. The van der Waals surface area contributed by atoms with Crippen LogP contribution >= 0.6 is 0 Å². The van der Waals surface area contributed by atoms with Gasteiger partial charge >= 0.3 is 0 Å². The molecule has 2 nitrogen and oxygen atoms in total. The molecular weight excluding hydrogens is 556 g/mol. The van der Waals surface area contributed by atoms with Crippen molar-refractivity contribution in [2.24, 2.45) is 0 Å². The number of hydrogen-bond acceptors (Lipinski definition) is 0. The molecule has 0 unspecified atom stereocenters. The summed E-state index contributed by atoms with van der Waals surface area (Å²) >= 11 is 0. The molecule has 216 valence electrons. The molecular formula is C44H30N2. The van der Waals surface area contributed by atoms with E-state index in [1.807, 2.05) is 0 Å². The molecule has 0 bridgehead atoms. The first-order chi connectivity index (χ1) is 22.7. The lowest BCUT2D eigenvalue weighted by atomic mass is 10.0. The quantitative estimate of drug-likeness (QED) is 0.195. The van der Waals surface area contributed by atoms with Crippen LogP contribution in [-0.4, -0.2) is 9.13 Å². The summed E-state index contributed by atoms with van der Waals surface area (Å²) < 4.78 is 4.85. The number of aryl methyl sites for hydroxylation is 1. The van der Waals surface area contributed by atoms with Gasteiger partial charge < -0.3 is 9.13 Å². The largest absolute Gasteiger partial charge is 0.309 e. The number of nitrogens with zero attached hydrogens (tertiary/aromatic N) is 2. The Balaban J connectivity index is 1.20. The molecule has 0 atom stereocenters.